The van der Waals surface area contributed by atoms with Gasteiger partial charge in [-0.3, -0.25) is 14.7 Å². The molecule has 0 saturated heterocycles. The van der Waals surface area contributed by atoms with Gasteiger partial charge in [0.1, 0.15) is 5.82 Å². The lowest BCUT2D eigenvalue weighted by atomic mass is 10.1. The summed E-state index contributed by atoms with van der Waals surface area (Å²) in [5.74, 6) is -1.66. The number of amides is 2. The van der Waals surface area contributed by atoms with Gasteiger partial charge in [-0.25, -0.2) is 14.3 Å². The molecule has 0 saturated carbocycles. The second-order valence-electron chi connectivity index (χ2n) is 5.14. The number of halogens is 2. The molecule has 114 valence electrons. The minimum atomic E-state index is -0.623. The standard InChI is InChI=1S/C15H8ClFN4O2/c1-6-11-12-8(5-18-13(11)20-19-6)14(22)21(15(12)23)7-2-3-10(17)9(16)4-7/h2-5H,1H3,(H,18,19,20). The average molecular weight is 331 g/mol. The number of benzene rings is 1. The van der Waals surface area contributed by atoms with Gasteiger partial charge in [0.2, 0.25) is 0 Å². The maximum absolute atomic E-state index is 13.3. The summed E-state index contributed by atoms with van der Waals surface area (Å²) in [4.78, 5) is 30.4. The zero-order valence-corrected chi connectivity index (χ0v) is 12.5. The number of aryl methyl sites for hydroxylation is 1. The molecule has 23 heavy (non-hydrogen) atoms. The molecule has 8 heteroatoms. The molecule has 1 N–H and O–H groups in total. The molecule has 0 unspecified atom stereocenters. The largest absolute Gasteiger partial charge is 0.280 e. The van der Waals surface area contributed by atoms with Crippen LogP contribution in [-0.4, -0.2) is 27.0 Å². The van der Waals surface area contributed by atoms with Crippen LogP contribution in [0.1, 0.15) is 26.4 Å². The number of pyridine rings is 1. The van der Waals surface area contributed by atoms with Crippen molar-refractivity contribution in [1.29, 1.82) is 0 Å². The lowest BCUT2D eigenvalue weighted by molar-refractivity contribution is 0.0926. The van der Waals surface area contributed by atoms with Crippen molar-refractivity contribution in [2.45, 2.75) is 6.92 Å². The summed E-state index contributed by atoms with van der Waals surface area (Å²) >= 11 is 5.75. The van der Waals surface area contributed by atoms with Gasteiger partial charge in [-0.15, -0.1) is 0 Å². The van der Waals surface area contributed by atoms with E-state index in [4.69, 9.17) is 11.6 Å². The summed E-state index contributed by atoms with van der Waals surface area (Å²) in [6.45, 7) is 1.74. The van der Waals surface area contributed by atoms with Crippen LogP contribution in [-0.2, 0) is 0 Å². The predicted octanol–water partition coefficient (Wildman–Crippen LogP) is 2.86. The number of aromatic amines is 1. The molecule has 1 aliphatic heterocycles. The van der Waals surface area contributed by atoms with Crippen molar-refractivity contribution >= 4 is 40.1 Å². The Morgan fingerprint density at radius 3 is 2.78 bits per heavy atom. The molecule has 0 bridgehead atoms. The van der Waals surface area contributed by atoms with E-state index in [0.29, 0.717) is 16.7 Å². The number of fused-ring (bicyclic) bond motifs is 3. The highest BCUT2D eigenvalue weighted by atomic mass is 35.5. The number of nitrogens with zero attached hydrogens (tertiary/aromatic N) is 3. The molecule has 0 radical (unpaired) electrons. The van der Waals surface area contributed by atoms with E-state index in [-0.39, 0.29) is 21.8 Å². The Balaban J connectivity index is 1.94. The predicted molar refractivity (Wildman–Crippen MR) is 81.2 cm³/mol. The van der Waals surface area contributed by atoms with Crippen LogP contribution >= 0.6 is 11.6 Å². The molecule has 0 atom stereocenters. The number of carbonyl (C=O) groups is 2. The molecule has 0 spiro atoms. The fraction of sp³-hybridized carbons (Fsp3) is 0.0667. The molecule has 6 nitrogen and oxygen atoms in total. The van der Waals surface area contributed by atoms with Gasteiger partial charge in [-0.2, -0.15) is 5.10 Å². The zero-order valence-electron chi connectivity index (χ0n) is 11.7. The molecular formula is C15H8ClFN4O2. The highest BCUT2D eigenvalue weighted by Gasteiger charge is 2.39. The first-order valence-electron chi connectivity index (χ1n) is 6.66. The number of aromatic nitrogens is 3. The van der Waals surface area contributed by atoms with Gasteiger partial charge in [-0.05, 0) is 25.1 Å². The highest BCUT2D eigenvalue weighted by Crippen LogP contribution is 2.34. The lowest BCUT2D eigenvalue weighted by Gasteiger charge is -2.14. The first-order chi connectivity index (χ1) is 11.0. The summed E-state index contributed by atoms with van der Waals surface area (Å²) in [6.07, 6.45) is 1.32. The maximum Gasteiger partial charge on any atom is 0.267 e. The molecular weight excluding hydrogens is 323 g/mol. The van der Waals surface area contributed by atoms with E-state index in [0.717, 1.165) is 11.0 Å². The Hall–Kier alpha value is -2.80. The molecule has 4 rings (SSSR count). The molecule has 0 fully saturated rings. The third-order valence-corrected chi connectivity index (χ3v) is 4.06. The Bertz CT molecular complexity index is 1010. The summed E-state index contributed by atoms with van der Waals surface area (Å²) < 4.78 is 13.3. The second kappa shape index (κ2) is 4.60. The fourth-order valence-electron chi connectivity index (χ4n) is 2.70. The van der Waals surface area contributed by atoms with E-state index in [2.05, 4.69) is 15.2 Å². The van der Waals surface area contributed by atoms with E-state index >= 15 is 0 Å². The van der Waals surface area contributed by atoms with Crippen molar-refractivity contribution in [2.24, 2.45) is 0 Å². The smallest absolute Gasteiger partial charge is 0.267 e. The minimum absolute atomic E-state index is 0.165. The SMILES string of the molecule is Cc1[nH]nc2ncc3c(c12)C(=O)N(c1ccc(F)c(Cl)c1)C3=O. The van der Waals surface area contributed by atoms with Crippen molar-refractivity contribution in [2.75, 3.05) is 4.90 Å². The lowest BCUT2D eigenvalue weighted by Crippen LogP contribution is -2.29. The van der Waals surface area contributed by atoms with E-state index < -0.39 is 17.6 Å². The van der Waals surface area contributed by atoms with Crippen molar-refractivity contribution in [3.63, 3.8) is 0 Å². The number of hydrogen-bond acceptors (Lipinski definition) is 4. The third-order valence-electron chi connectivity index (χ3n) is 3.78. The van der Waals surface area contributed by atoms with Crippen LogP contribution < -0.4 is 4.90 Å². The molecule has 3 heterocycles. The summed E-state index contributed by atoms with van der Waals surface area (Å²) in [6, 6.07) is 3.68. The van der Waals surface area contributed by atoms with E-state index in [1.165, 1.54) is 18.3 Å². The number of imide groups is 1. The number of rotatable bonds is 1. The van der Waals surface area contributed by atoms with Crippen molar-refractivity contribution in [3.8, 4) is 0 Å². The topological polar surface area (TPSA) is 79.0 Å². The molecule has 2 amide bonds. The summed E-state index contributed by atoms with van der Waals surface area (Å²) in [5, 5.41) is 7.08. The molecule has 1 aromatic carbocycles. The minimum Gasteiger partial charge on any atom is -0.280 e. The van der Waals surface area contributed by atoms with Gasteiger partial charge in [0.05, 0.1) is 27.2 Å². The third kappa shape index (κ3) is 1.80. The van der Waals surface area contributed by atoms with E-state index in [1.807, 2.05) is 0 Å². The quantitative estimate of drug-likeness (QED) is 0.696. The normalized spacial score (nSPS) is 14.0. The van der Waals surface area contributed by atoms with E-state index in [9.17, 15) is 14.0 Å². The number of hydrogen-bond donors (Lipinski definition) is 1. The highest BCUT2D eigenvalue weighted by molar-refractivity contribution is 6.38. The zero-order chi connectivity index (χ0) is 16.3. The number of H-pyrrole nitrogens is 1. The monoisotopic (exact) mass is 330 g/mol. The van der Waals surface area contributed by atoms with Gasteiger partial charge >= 0.3 is 0 Å². The fourth-order valence-corrected chi connectivity index (χ4v) is 2.88. The number of nitrogens with one attached hydrogen (secondary N) is 1. The second-order valence-corrected chi connectivity index (χ2v) is 5.55. The summed E-state index contributed by atoms with van der Waals surface area (Å²) in [7, 11) is 0. The molecule has 1 aliphatic rings. The van der Waals surface area contributed by atoms with Crippen LogP contribution in [0, 0.1) is 12.7 Å². The Morgan fingerprint density at radius 2 is 2.04 bits per heavy atom. The van der Waals surface area contributed by atoms with Crippen molar-refractivity contribution in [1.82, 2.24) is 15.2 Å². The molecule has 2 aromatic heterocycles. The maximum atomic E-state index is 13.3. The van der Waals surface area contributed by atoms with Crippen LogP contribution in [0.3, 0.4) is 0 Å². The van der Waals surface area contributed by atoms with Gasteiger partial charge in [-0.1, -0.05) is 11.6 Å². The molecule has 3 aromatic rings. The van der Waals surface area contributed by atoms with Crippen molar-refractivity contribution in [3.05, 3.63) is 52.1 Å². The van der Waals surface area contributed by atoms with Crippen LogP contribution in [0.2, 0.25) is 5.02 Å². The Morgan fingerprint density at radius 1 is 1.26 bits per heavy atom. The molecule has 0 aliphatic carbocycles. The Kier molecular flexibility index (Phi) is 2.76. The van der Waals surface area contributed by atoms with Gasteiger partial charge in [0.15, 0.2) is 5.65 Å². The van der Waals surface area contributed by atoms with Crippen LogP contribution in [0.4, 0.5) is 10.1 Å². The van der Waals surface area contributed by atoms with Gasteiger partial charge < -0.3 is 0 Å². The van der Waals surface area contributed by atoms with Crippen LogP contribution in [0.15, 0.2) is 24.4 Å². The first-order valence-corrected chi connectivity index (χ1v) is 7.04. The number of carbonyl (C=O) groups excluding carboxylic acids is 2. The van der Waals surface area contributed by atoms with Crippen LogP contribution in [0.25, 0.3) is 11.0 Å². The van der Waals surface area contributed by atoms with Crippen molar-refractivity contribution < 1.29 is 14.0 Å². The Labute approximate surface area is 133 Å². The van der Waals surface area contributed by atoms with Gasteiger partial charge in [0, 0.05) is 11.9 Å². The van der Waals surface area contributed by atoms with Gasteiger partial charge in [0.25, 0.3) is 11.8 Å². The summed E-state index contributed by atoms with van der Waals surface area (Å²) in [5.41, 5.74) is 1.64. The number of anilines is 1. The average Bonchev–Trinajstić information content (AvgIpc) is 3.02. The first kappa shape index (κ1) is 13.8. The van der Waals surface area contributed by atoms with Crippen LogP contribution in [0.5, 0.6) is 0 Å². The van der Waals surface area contributed by atoms with E-state index in [1.54, 1.807) is 6.92 Å².